The van der Waals surface area contributed by atoms with Crippen LogP contribution in [0.4, 0.5) is 15.8 Å². The standard InChI is InChI=1S/C20H18ClFN2O2/c1-2-3-4-13-5-11-16(12-6-13)24-19(25)17(21)18(20(24)26)23-15-9-7-14(22)8-10-15/h5-12,23H,2-4H2,1H3. The molecule has 0 saturated carbocycles. The van der Waals surface area contributed by atoms with Gasteiger partial charge in [0, 0.05) is 5.69 Å². The average Bonchev–Trinajstić information content (AvgIpc) is 2.86. The molecule has 0 atom stereocenters. The van der Waals surface area contributed by atoms with Crippen molar-refractivity contribution in [2.75, 3.05) is 10.2 Å². The minimum absolute atomic E-state index is 0.0154. The summed E-state index contributed by atoms with van der Waals surface area (Å²) in [5.41, 5.74) is 2.07. The lowest BCUT2D eigenvalue weighted by Gasteiger charge is -2.15. The van der Waals surface area contributed by atoms with Gasteiger partial charge in [-0.3, -0.25) is 9.59 Å². The molecule has 2 aromatic carbocycles. The second-order valence-electron chi connectivity index (χ2n) is 6.04. The number of nitrogens with zero attached hydrogens (tertiary/aromatic N) is 1. The van der Waals surface area contributed by atoms with Crippen molar-refractivity contribution in [2.45, 2.75) is 26.2 Å². The van der Waals surface area contributed by atoms with Gasteiger partial charge in [-0.1, -0.05) is 37.1 Å². The van der Waals surface area contributed by atoms with Gasteiger partial charge >= 0.3 is 0 Å². The summed E-state index contributed by atoms with van der Waals surface area (Å²) in [5.74, 6) is -1.51. The minimum atomic E-state index is -0.581. The number of benzene rings is 2. The largest absolute Gasteiger partial charge is 0.350 e. The Morgan fingerprint density at radius 3 is 2.27 bits per heavy atom. The number of nitrogens with one attached hydrogen (secondary N) is 1. The number of hydrogen-bond acceptors (Lipinski definition) is 3. The normalized spacial score (nSPS) is 14.3. The Bertz CT molecular complexity index is 860. The van der Waals surface area contributed by atoms with E-state index in [0.29, 0.717) is 11.4 Å². The van der Waals surface area contributed by atoms with Crippen molar-refractivity contribution in [1.29, 1.82) is 0 Å². The highest BCUT2D eigenvalue weighted by Gasteiger charge is 2.38. The maximum Gasteiger partial charge on any atom is 0.283 e. The molecule has 0 spiro atoms. The zero-order valence-electron chi connectivity index (χ0n) is 14.3. The molecular formula is C20H18ClFN2O2. The maximum absolute atomic E-state index is 13.0. The molecule has 2 amide bonds. The molecule has 1 aliphatic heterocycles. The second kappa shape index (κ2) is 7.70. The molecule has 1 aliphatic rings. The number of carbonyl (C=O) groups is 2. The van der Waals surface area contributed by atoms with Gasteiger partial charge in [-0.05, 0) is 54.8 Å². The summed E-state index contributed by atoms with van der Waals surface area (Å²) >= 11 is 6.08. The number of halogens is 2. The van der Waals surface area contributed by atoms with Crippen molar-refractivity contribution in [3.8, 4) is 0 Å². The quantitative estimate of drug-likeness (QED) is 0.753. The van der Waals surface area contributed by atoms with Crippen LogP contribution >= 0.6 is 11.6 Å². The first-order valence-corrected chi connectivity index (χ1v) is 8.79. The second-order valence-corrected chi connectivity index (χ2v) is 6.41. The molecule has 0 radical (unpaired) electrons. The summed E-state index contributed by atoms with van der Waals surface area (Å²) in [6.07, 6.45) is 3.14. The van der Waals surface area contributed by atoms with E-state index in [1.54, 1.807) is 12.1 Å². The fourth-order valence-corrected chi connectivity index (χ4v) is 2.93. The van der Waals surface area contributed by atoms with Gasteiger partial charge in [-0.2, -0.15) is 0 Å². The SMILES string of the molecule is CCCCc1ccc(N2C(=O)C(Cl)=C(Nc3ccc(F)cc3)C2=O)cc1. The minimum Gasteiger partial charge on any atom is -0.350 e. The molecule has 0 unspecified atom stereocenters. The summed E-state index contributed by atoms with van der Waals surface area (Å²) in [5, 5.41) is 2.62. The Balaban J connectivity index is 1.80. The molecule has 0 saturated heterocycles. The molecule has 4 nitrogen and oxygen atoms in total. The number of rotatable bonds is 6. The third-order valence-corrected chi connectivity index (χ3v) is 4.51. The van der Waals surface area contributed by atoms with Gasteiger partial charge in [0.05, 0.1) is 5.69 Å². The summed E-state index contributed by atoms with van der Waals surface area (Å²) in [7, 11) is 0. The van der Waals surface area contributed by atoms with E-state index in [4.69, 9.17) is 11.6 Å². The van der Waals surface area contributed by atoms with Crippen LogP contribution < -0.4 is 10.2 Å². The smallest absolute Gasteiger partial charge is 0.283 e. The predicted octanol–water partition coefficient (Wildman–Crippen LogP) is 4.60. The molecule has 2 aromatic rings. The monoisotopic (exact) mass is 372 g/mol. The number of amides is 2. The lowest BCUT2D eigenvalue weighted by Crippen LogP contribution is -2.32. The summed E-state index contributed by atoms with van der Waals surface area (Å²) in [6, 6.07) is 12.7. The number of hydrogen-bond donors (Lipinski definition) is 1. The van der Waals surface area contributed by atoms with Gasteiger partial charge in [0.2, 0.25) is 0 Å². The van der Waals surface area contributed by atoms with Crippen LogP contribution in [-0.2, 0) is 16.0 Å². The molecule has 0 fully saturated rings. The molecule has 1 heterocycles. The Labute approximate surface area is 156 Å². The summed E-state index contributed by atoms with van der Waals surface area (Å²) in [4.78, 5) is 26.2. The Morgan fingerprint density at radius 2 is 1.65 bits per heavy atom. The maximum atomic E-state index is 13.0. The van der Waals surface area contributed by atoms with Crippen molar-refractivity contribution in [3.63, 3.8) is 0 Å². The van der Waals surface area contributed by atoms with Crippen LogP contribution in [0, 0.1) is 5.82 Å². The van der Waals surface area contributed by atoms with Crippen molar-refractivity contribution >= 4 is 34.8 Å². The van der Waals surface area contributed by atoms with Gasteiger partial charge < -0.3 is 5.32 Å². The van der Waals surface area contributed by atoms with E-state index < -0.39 is 17.6 Å². The first-order chi connectivity index (χ1) is 12.5. The van der Waals surface area contributed by atoms with E-state index in [2.05, 4.69) is 12.2 Å². The molecule has 1 N–H and O–H groups in total. The number of anilines is 2. The van der Waals surface area contributed by atoms with Gasteiger partial charge in [-0.25, -0.2) is 9.29 Å². The van der Waals surface area contributed by atoms with Gasteiger partial charge in [0.25, 0.3) is 11.8 Å². The van der Waals surface area contributed by atoms with E-state index in [0.717, 1.165) is 29.7 Å². The molecule has 3 rings (SSSR count). The highest BCUT2D eigenvalue weighted by Crippen LogP contribution is 2.30. The Morgan fingerprint density at radius 1 is 1.00 bits per heavy atom. The summed E-state index contributed by atoms with van der Waals surface area (Å²) in [6.45, 7) is 2.12. The molecular weight excluding hydrogens is 355 g/mol. The Kier molecular flexibility index (Phi) is 5.38. The topological polar surface area (TPSA) is 49.4 Å². The van der Waals surface area contributed by atoms with Crippen molar-refractivity contribution in [2.24, 2.45) is 0 Å². The first kappa shape index (κ1) is 18.1. The van der Waals surface area contributed by atoms with Crippen molar-refractivity contribution in [1.82, 2.24) is 0 Å². The van der Waals surface area contributed by atoms with Crippen LogP contribution in [0.15, 0.2) is 59.3 Å². The molecule has 0 aromatic heterocycles. The number of aryl methyl sites for hydroxylation is 1. The fraction of sp³-hybridized carbons (Fsp3) is 0.200. The summed E-state index contributed by atoms with van der Waals surface area (Å²) < 4.78 is 13.0. The van der Waals surface area contributed by atoms with E-state index in [1.165, 1.54) is 24.3 Å². The van der Waals surface area contributed by atoms with E-state index >= 15 is 0 Å². The van der Waals surface area contributed by atoms with Crippen LogP contribution in [0.3, 0.4) is 0 Å². The van der Waals surface area contributed by atoms with Crippen molar-refractivity contribution < 1.29 is 14.0 Å². The van der Waals surface area contributed by atoms with Crippen LogP contribution in [0.1, 0.15) is 25.3 Å². The molecule has 134 valence electrons. The molecule has 6 heteroatoms. The van der Waals surface area contributed by atoms with Crippen LogP contribution in [0.2, 0.25) is 0 Å². The number of unbranched alkanes of at least 4 members (excludes halogenated alkanes) is 1. The van der Waals surface area contributed by atoms with Gasteiger partial charge in [0.15, 0.2) is 0 Å². The van der Waals surface area contributed by atoms with E-state index in [1.807, 2.05) is 12.1 Å². The Hall–Kier alpha value is -2.66. The van der Waals surface area contributed by atoms with Gasteiger partial charge in [0.1, 0.15) is 16.5 Å². The number of carbonyl (C=O) groups excluding carboxylic acids is 2. The van der Waals surface area contributed by atoms with E-state index in [9.17, 15) is 14.0 Å². The zero-order valence-corrected chi connectivity index (χ0v) is 15.0. The predicted molar refractivity (Wildman–Crippen MR) is 100 cm³/mol. The van der Waals surface area contributed by atoms with Gasteiger partial charge in [-0.15, -0.1) is 0 Å². The van der Waals surface area contributed by atoms with Crippen LogP contribution in [0.5, 0.6) is 0 Å². The molecule has 26 heavy (non-hydrogen) atoms. The zero-order chi connectivity index (χ0) is 18.7. The third kappa shape index (κ3) is 3.63. The molecule has 0 aliphatic carbocycles. The lowest BCUT2D eigenvalue weighted by atomic mass is 10.1. The lowest BCUT2D eigenvalue weighted by molar-refractivity contribution is -0.120. The van der Waals surface area contributed by atoms with Crippen molar-refractivity contribution in [3.05, 3.63) is 70.6 Å². The highest BCUT2D eigenvalue weighted by atomic mass is 35.5. The van der Waals surface area contributed by atoms with Crippen LogP contribution in [-0.4, -0.2) is 11.8 Å². The average molecular weight is 373 g/mol. The fourth-order valence-electron chi connectivity index (χ4n) is 2.72. The van der Waals surface area contributed by atoms with Crippen LogP contribution in [0.25, 0.3) is 0 Å². The third-order valence-electron chi connectivity index (χ3n) is 4.15. The molecule has 0 bridgehead atoms. The highest BCUT2D eigenvalue weighted by molar-refractivity contribution is 6.53. The first-order valence-electron chi connectivity index (χ1n) is 8.41. The number of imide groups is 1. The van der Waals surface area contributed by atoms with E-state index in [-0.39, 0.29) is 10.7 Å².